The Kier molecular flexibility index (Phi) is 4.56. The summed E-state index contributed by atoms with van der Waals surface area (Å²) in [5.41, 5.74) is 0.952. The van der Waals surface area contributed by atoms with E-state index in [9.17, 15) is 9.59 Å². The Labute approximate surface area is 146 Å². The minimum atomic E-state index is -0.436. The first-order valence-corrected chi connectivity index (χ1v) is 8.61. The second kappa shape index (κ2) is 6.63. The van der Waals surface area contributed by atoms with E-state index in [4.69, 9.17) is 16.9 Å². The van der Waals surface area contributed by atoms with E-state index in [-0.39, 0.29) is 12.1 Å². The van der Waals surface area contributed by atoms with E-state index in [2.05, 4.69) is 4.98 Å². The highest BCUT2D eigenvalue weighted by Crippen LogP contribution is 2.35. The van der Waals surface area contributed by atoms with Crippen LogP contribution >= 0.6 is 22.9 Å². The van der Waals surface area contributed by atoms with E-state index in [1.807, 2.05) is 25.1 Å². The summed E-state index contributed by atoms with van der Waals surface area (Å²) in [6.07, 6.45) is 0.765. The standard InChI is InChI=1S/C17H14ClN3O2S/c1-10-13(11-4-6-12(18)7-5-11)14-15(24-10)20-17(23)21(16(14)22)9-3-2-8-19/h4-7H,2-3,9H2,1H3,(H,20,23). The van der Waals surface area contributed by atoms with Crippen LogP contribution in [-0.2, 0) is 6.54 Å². The summed E-state index contributed by atoms with van der Waals surface area (Å²) in [6, 6.07) is 9.30. The molecule has 7 heteroatoms. The molecule has 0 atom stereocenters. The van der Waals surface area contributed by atoms with E-state index < -0.39 is 5.69 Å². The molecular formula is C17H14ClN3O2S. The van der Waals surface area contributed by atoms with E-state index in [1.54, 1.807) is 12.1 Å². The molecule has 0 radical (unpaired) electrons. The largest absolute Gasteiger partial charge is 0.329 e. The van der Waals surface area contributed by atoms with Crippen LogP contribution in [0.15, 0.2) is 33.9 Å². The number of unbranched alkanes of at least 4 members (excludes halogenated alkanes) is 1. The van der Waals surface area contributed by atoms with Gasteiger partial charge < -0.3 is 0 Å². The number of hydrogen-bond donors (Lipinski definition) is 1. The van der Waals surface area contributed by atoms with Gasteiger partial charge >= 0.3 is 5.69 Å². The van der Waals surface area contributed by atoms with Gasteiger partial charge in [-0.2, -0.15) is 5.26 Å². The number of rotatable bonds is 4. The summed E-state index contributed by atoms with van der Waals surface area (Å²) >= 11 is 7.33. The molecule has 0 saturated carbocycles. The molecule has 0 bridgehead atoms. The number of nitriles is 1. The van der Waals surface area contributed by atoms with Crippen LogP contribution in [0.2, 0.25) is 5.02 Å². The summed E-state index contributed by atoms with van der Waals surface area (Å²) in [4.78, 5) is 29.3. The number of thiophene rings is 1. The molecule has 5 nitrogen and oxygen atoms in total. The first-order chi connectivity index (χ1) is 11.5. The number of nitrogens with zero attached hydrogens (tertiary/aromatic N) is 2. The molecule has 0 saturated heterocycles. The Morgan fingerprint density at radius 1 is 1.29 bits per heavy atom. The van der Waals surface area contributed by atoms with Crippen LogP contribution in [0.4, 0.5) is 0 Å². The third kappa shape index (κ3) is 2.88. The molecular weight excluding hydrogens is 346 g/mol. The zero-order valence-corrected chi connectivity index (χ0v) is 14.5. The molecule has 0 aliphatic heterocycles. The van der Waals surface area contributed by atoms with Crippen molar-refractivity contribution >= 4 is 33.2 Å². The lowest BCUT2D eigenvalue weighted by molar-refractivity contribution is 0.605. The van der Waals surface area contributed by atoms with E-state index >= 15 is 0 Å². The van der Waals surface area contributed by atoms with E-state index in [0.29, 0.717) is 28.1 Å². The molecule has 0 aliphatic rings. The van der Waals surface area contributed by atoms with Gasteiger partial charge in [-0.1, -0.05) is 23.7 Å². The van der Waals surface area contributed by atoms with Gasteiger partial charge in [-0.05, 0) is 31.0 Å². The van der Waals surface area contributed by atoms with Crippen LogP contribution in [0.5, 0.6) is 0 Å². The predicted octanol–water partition coefficient (Wildman–Crippen LogP) is 3.68. The van der Waals surface area contributed by atoms with Crippen molar-refractivity contribution in [1.29, 1.82) is 5.26 Å². The number of benzene rings is 1. The van der Waals surface area contributed by atoms with Crippen LogP contribution in [0.25, 0.3) is 21.3 Å². The zero-order chi connectivity index (χ0) is 17.3. The third-order valence-electron chi connectivity index (χ3n) is 3.81. The maximum Gasteiger partial charge on any atom is 0.329 e. The number of aryl methyl sites for hydroxylation is 1. The van der Waals surface area contributed by atoms with Crippen LogP contribution in [-0.4, -0.2) is 9.55 Å². The Morgan fingerprint density at radius 3 is 2.67 bits per heavy atom. The summed E-state index contributed by atoms with van der Waals surface area (Å²) in [6.45, 7) is 2.15. The fourth-order valence-corrected chi connectivity index (χ4v) is 3.90. The molecule has 0 aliphatic carbocycles. The number of aromatic nitrogens is 2. The monoisotopic (exact) mass is 359 g/mol. The molecule has 0 unspecified atom stereocenters. The SMILES string of the molecule is Cc1sc2[nH]c(=O)n(CCCC#N)c(=O)c2c1-c1ccc(Cl)cc1. The summed E-state index contributed by atoms with van der Waals surface area (Å²) < 4.78 is 1.17. The first kappa shape index (κ1) is 16.5. The number of H-pyrrole nitrogens is 1. The number of aromatic amines is 1. The Hall–Kier alpha value is -2.36. The van der Waals surface area contributed by atoms with Gasteiger partial charge in [0.2, 0.25) is 0 Å². The summed E-state index contributed by atoms with van der Waals surface area (Å²) in [5, 5.41) is 9.77. The van der Waals surface area contributed by atoms with Crippen molar-refractivity contribution in [1.82, 2.24) is 9.55 Å². The molecule has 2 heterocycles. The normalized spacial score (nSPS) is 10.9. The van der Waals surface area contributed by atoms with Crippen molar-refractivity contribution < 1.29 is 0 Å². The van der Waals surface area contributed by atoms with Gasteiger partial charge in [-0.3, -0.25) is 14.3 Å². The van der Waals surface area contributed by atoms with Crippen LogP contribution in [0, 0.1) is 18.3 Å². The van der Waals surface area contributed by atoms with Crippen molar-refractivity contribution in [2.75, 3.05) is 0 Å². The lowest BCUT2D eigenvalue weighted by Crippen LogP contribution is -2.34. The van der Waals surface area contributed by atoms with Gasteiger partial charge in [0.05, 0.1) is 11.5 Å². The minimum absolute atomic E-state index is 0.229. The number of hydrogen-bond acceptors (Lipinski definition) is 4. The predicted molar refractivity (Wildman–Crippen MR) is 96.7 cm³/mol. The summed E-state index contributed by atoms with van der Waals surface area (Å²) in [7, 11) is 0. The van der Waals surface area contributed by atoms with Gasteiger partial charge in [-0.25, -0.2) is 4.79 Å². The quantitative estimate of drug-likeness (QED) is 0.721. The van der Waals surface area contributed by atoms with Crippen LogP contribution in [0.3, 0.4) is 0 Å². The van der Waals surface area contributed by atoms with E-state index in [1.165, 1.54) is 15.9 Å². The molecule has 0 fully saturated rings. The van der Waals surface area contributed by atoms with Crippen molar-refractivity contribution in [2.45, 2.75) is 26.3 Å². The molecule has 0 spiro atoms. The number of fused-ring (bicyclic) bond motifs is 1. The molecule has 1 N–H and O–H groups in total. The number of nitrogens with one attached hydrogen (secondary N) is 1. The zero-order valence-electron chi connectivity index (χ0n) is 12.9. The van der Waals surface area contributed by atoms with Gasteiger partial charge in [-0.15, -0.1) is 11.3 Å². The molecule has 3 rings (SSSR count). The Morgan fingerprint density at radius 2 is 2.00 bits per heavy atom. The van der Waals surface area contributed by atoms with Gasteiger partial charge in [0.25, 0.3) is 5.56 Å². The van der Waals surface area contributed by atoms with Crippen LogP contribution in [0.1, 0.15) is 17.7 Å². The molecule has 2 aromatic heterocycles. The maximum absolute atomic E-state index is 12.9. The molecule has 0 amide bonds. The fourth-order valence-electron chi connectivity index (χ4n) is 2.71. The van der Waals surface area contributed by atoms with Gasteiger partial charge in [0.1, 0.15) is 4.83 Å². The van der Waals surface area contributed by atoms with Crippen LogP contribution < -0.4 is 11.2 Å². The topological polar surface area (TPSA) is 78.7 Å². The second-order valence-electron chi connectivity index (χ2n) is 5.39. The smallest absolute Gasteiger partial charge is 0.298 e. The average molecular weight is 360 g/mol. The highest BCUT2D eigenvalue weighted by Gasteiger charge is 2.17. The number of halogens is 1. The fraction of sp³-hybridized carbons (Fsp3) is 0.235. The molecule has 24 heavy (non-hydrogen) atoms. The molecule has 3 aromatic rings. The van der Waals surface area contributed by atoms with Crippen molar-refractivity contribution in [3.05, 3.63) is 55.0 Å². The highest BCUT2D eigenvalue weighted by atomic mass is 35.5. The van der Waals surface area contributed by atoms with Crippen molar-refractivity contribution in [3.63, 3.8) is 0 Å². The maximum atomic E-state index is 12.9. The summed E-state index contributed by atoms with van der Waals surface area (Å²) in [5.74, 6) is 0. The Bertz CT molecular complexity index is 1050. The average Bonchev–Trinajstić information content (AvgIpc) is 2.87. The first-order valence-electron chi connectivity index (χ1n) is 7.42. The minimum Gasteiger partial charge on any atom is -0.298 e. The second-order valence-corrected chi connectivity index (χ2v) is 7.05. The third-order valence-corrected chi connectivity index (χ3v) is 5.08. The van der Waals surface area contributed by atoms with Gasteiger partial charge in [0.15, 0.2) is 0 Å². The lowest BCUT2D eigenvalue weighted by atomic mass is 10.0. The van der Waals surface area contributed by atoms with E-state index in [0.717, 1.165) is 16.0 Å². The molecule has 122 valence electrons. The highest BCUT2D eigenvalue weighted by molar-refractivity contribution is 7.19. The van der Waals surface area contributed by atoms with Gasteiger partial charge in [0, 0.05) is 28.4 Å². The van der Waals surface area contributed by atoms with Crippen molar-refractivity contribution in [3.8, 4) is 17.2 Å². The molecule has 1 aromatic carbocycles. The Balaban J connectivity index is 2.24. The lowest BCUT2D eigenvalue weighted by Gasteiger charge is -2.05. The van der Waals surface area contributed by atoms with Crippen molar-refractivity contribution in [2.24, 2.45) is 0 Å².